The summed E-state index contributed by atoms with van der Waals surface area (Å²) in [6.07, 6.45) is 4.88. The Balaban J connectivity index is 1.54. The van der Waals surface area contributed by atoms with Crippen LogP contribution in [-0.4, -0.2) is 61.7 Å². The van der Waals surface area contributed by atoms with Gasteiger partial charge in [0.25, 0.3) is 5.91 Å². The largest absolute Gasteiger partial charge is 0.380 e. The zero-order valence-electron chi connectivity index (χ0n) is 15.2. The number of imidazole rings is 1. The van der Waals surface area contributed by atoms with Crippen LogP contribution in [-0.2, 0) is 4.74 Å². The quantitative estimate of drug-likeness (QED) is 0.560. The van der Waals surface area contributed by atoms with Crippen molar-refractivity contribution < 1.29 is 18.3 Å². The Labute approximate surface area is 163 Å². The number of H-pyrrole nitrogens is 1. The Bertz CT molecular complexity index is 1230. The molecule has 10 heteroatoms. The van der Waals surface area contributed by atoms with Crippen molar-refractivity contribution in [2.24, 2.45) is 0 Å². The first kappa shape index (κ1) is 17.7. The number of nitrogens with one attached hydrogen (secondary N) is 1. The Morgan fingerprint density at radius 3 is 2.93 bits per heavy atom. The van der Waals surface area contributed by atoms with Crippen molar-refractivity contribution in [2.45, 2.75) is 6.42 Å². The highest BCUT2D eigenvalue weighted by molar-refractivity contribution is 5.98. The maximum atomic E-state index is 13.9. The number of aromatic amines is 1. The summed E-state index contributed by atoms with van der Waals surface area (Å²) in [5, 5.41) is 7.74. The minimum absolute atomic E-state index is 0.000639. The van der Waals surface area contributed by atoms with E-state index in [1.54, 1.807) is 11.0 Å². The maximum absolute atomic E-state index is 13.9. The second-order valence-electron chi connectivity index (χ2n) is 6.79. The van der Waals surface area contributed by atoms with Gasteiger partial charge in [-0.25, -0.2) is 13.8 Å². The maximum Gasteiger partial charge on any atom is 0.272 e. The van der Waals surface area contributed by atoms with Gasteiger partial charge in [-0.2, -0.15) is 5.10 Å². The number of hydrogen-bond donors (Lipinski definition) is 1. The number of pyridine rings is 2. The molecule has 0 aromatic carbocycles. The van der Waals surface area contributed by atoms with Gasteiger partial charge in [-0.3, -0.25) is 19.3 Å². The first-order chi connectivity index (χ1) is 14.1. The molecule has 4 aromatic rings. The normalized spacial score (nSPS) is 15.2. The second kappa shape index (κ2) is 6.89. The smallest absolute Gasteiger partial charge is 0.272 e. The summed E-state index contributed by atoms with van der Waals surface area (Å²) in [5.74, 6) is -1.66. The van der Waals surface area contributed by atoms with E-state index in [0.29, 0.717) is 54.3 Å². The minimum atomic E-state index is -0.761. The van der Waals surface area contributed by atoms with Crippen LogP contribution in [0.15, 0.2) is 30.7 Å². The lowest BCUT2D eigenvalue weighted by molar-refractivity contribution is 0.0735. The van der Waals surface area contributed by atoms with Gasteiger partial charge in [0.05, 0.1) is 24.0 Å². The molecule has 29 heavy (non-hydrogen) atoms. The van der Waals surface area contributed by atoms with Crippen molar-refractivity contribution in [3.8, 4) is 11.4 Å². The first-order valence-electron chi connectivity index (χ1n) is 9.15. The number of ether oxygens (including phenoxy) is 1. The third kappa shape index (κ3) is 3.01. The summed E-state index contributed by atoms with van der Waals surface area (Å²) in [5.41, 5.74) is 1.74. The van der Waals surface area contributed by atoms with E-state index in [0.717, 1.165) is 18.7 Å². The average Bonchev–Trinajstić information content (AvgIpc) is 3.21. The zero-order valence-corrected chi connectivity index (χ0v) is 15.2. The lowest BCUT2D eigenvalue weighted by atomic mass is 10.2. The third-order valence-corrected chi connectivity index (χ3v) is 4.95. The number of rotatable bonds is 2. The number of carbonyl (C=O) groups is 1. The molecule has 1 aliphatic rings. The minimum Gasteiger partial charge on any atom is -0.380 e. The summed E-state index contributed by atoms with van der Waals surface area (Å²) in [6, 6.07) is 2.41. The summed E-state index contributed by atoms with van der Waals surface area (Å²) in [4.78, 5) is 22.8. The van der Waals surface area contributed by atoms with Gasteiger partial charge < -0.3 is 9.64 Å². The Morgan fingerprint density at radius 2 is 2.03 bits per heavy atom. The van der Waals surface area contributed by atoms with Crippen LogP contribution in [0.25, 0.3) is 27.9 Å². The molecule has 8 nitrogen and oxygen atoms in total. The molecule has 148 valence electrons. The molecule has 1 N–H and O–H groups in total. The van der Waals surface area contributed by atoms with Crippen LogP contribution in [0.5, 0.6) is 0 Å². The van der Waals surface area contributed by atoms with Crippen LogP contribution in [0.3, 0.4) is 0 Å². The first-order valence-corrected chi connectivity index (χ1v) is 9.15. The van der Waals surface area contributed by atoms with Crippen molar-refractivity contribution >= 4 is 22.5 Å². The monoisotopic (exact) mass is 398 g/mol. The molecule has 5 heterocycles. The SMILES string of the molecule is O=C(c1cc2[nH]nc(-c3cnc4c(F)cc(F)cn34)c2cn1)N1CCCOCC1. The van der Waals surface area contributed by atoms with Crippen molar-refractivity contribution in [1.82, 2.24) is 29.5 Å². The predicted molar refractivity (Wildman–Crippen MR) is 99.3 cm³/mol. The molecule has 1 aliphatic heterocycles. The second-order valence-corrected chi connectivity index (χ2v) is 6.79. The number of halogens is 2. The Morgan fingerprint density at radius 1 is 1.14 bits per heavy atom. The van der Waals surface area contributed by atoms with Crippen LogP contribution in [0.1, 0.15) is 16.9 Å². The number of hydrogen-bond acceptors (Lipinski definition) is 5. The molecular weight excluding hydrogens is 382 g/mol. The van der Waals surface area contributed by atoms with Crippen LogP contribution < -0.4 is 0 Å². The third-order valence-electron chi connectivity index (χ3n) is 4.95. The van der Waals surface area contributed by atoms with Gasteiger partial charge in [0.1, 0.15) is 17.2 Å². The van der Waals surface area contributed by atoms with E-state index >= 15 is 0 Å². The van der Waals surface area contributed by atoms with Gasteiger partial charge in [-0.1, -0.05) is 0 Å². The molecule has 0 radical (unpaired) electrons. The van der Waals surface area contributed by atoms with E-state index in [1.807, 2.05) is 0 Å². The highest BCUT2D eigenvalue weighted by Crippen LogP contribution is 2.28. The lowest BCUT2D eigenvalue weighted by Crippen LogP contribution is -2.33. The molecule has 0 atom stereocenters. The van der Waals surface area contributed by atoms with Crippen LogP contribution in [0.2, 0.25) is 0 Å². The highest BCUT2D eigenvalue weighted by Gasteiger charge is 2.21. The fraction of sp³-hybridized carbons (Fsp3) is 0.263. The molecule has 1 saturated heterocycles. The van der Waals surface area contributed by atoms with Gasteiger partial charge in [0.2, 0.25) is 0 Å². The van der Waals surface area contributed by atoms with E-state index in [4.69, 9.17) is 4.74 Å². The van der Waals surface area contributed by atoms with Gasteiger partial charge >= 0.3 is 0 Å². The number of amides is 1. The van der Waals surface area contributed by atoms with Gasteiger partial charge in [0.15, 0.2) is 11.5 Å². The zero-order chi connectivity index (χ0) is 20.0. The molecule has 0 aliphatic carbocycles. The average molecular weight is 398 g/mol. The van der Waals surface area contributed by atoms with Crippen molar-refractivity contribution in [2.75, 3.05) is 26.3 Å². The van der Waals surface area contributed by atoms with Gasteiger partial charge in [-0.15, -0.1) is 0 Å². The summed E-state index contributed by atoms with van der Waals surface area (Å²) >= 11 is 0. The molecular formula is C19H16F2N6O2. The van der Waals surface area contributed by atoms with Crippen LogP contribution in [0.4, 0.5) is 8.78 Å². The fourth-order valence-corrected chi connectivity index (χ4v) is 3.53. The van der Waals surface area contributed by atoms with E-state index in [1.165, 1.54) is 16.8 Å². The molecule has 0 unspecified atom stereocenters. The van der Waals surface area contributed by atoms with Crippen molar-refractivity contribution in [3.63, 3.8) is 0 Å². The van der Waals surface area contributed by atoms with Crippen LogP contribution in [0, 0.1) is 11.6 Å². The molecule has 4 aromatic heterocycles. The number of aromatic nitrogens is 5. The molecule has 1 fully saturated rings. The predicted octanol–water partition coefficient (Wildman–Crippen LogP) is 2.41. The lowest BCUT2D eigenvalue weighted by Gasteiger charge is -2.18. The van der Waals surface area contributed by atoms with Crippen LogP contribution >= 0.6 is 0 Å². The summed E-state index contributed by atoms with van der Waals surface area (Å²) in [6.45, 7) is 2.28. The van der Waals surface area contributed by atoms with Gasteiger partial charge in [0, 0.05) is 43.5 Å². The highest BCUT2D eigenvalue weighted by atomic mass is 19.1. The number of carbonyl (C=O) groups excluding carboxylic acids is 1. The van der Waals surface area contributed by atoms with E-state index in [2.05, 4.69) is 20.2 Å². The molecule has 0 bridgehead atoms. The van der Waals surface area contributed by atoms with Gasteiger partial charge in [-0.05, 0) is 12.5 Å². The van der Waals surface area contributed by atoms with E-state index < -0.39 is 11.6 Å². The summed E-state index contributed by atoms with van der Waals surface area (Å²) in [7, 11) is 0. The van der Waals surface area contributed by atoms with Crippen molar-refractivity contribution in [3.05, 3.63) is 48.1 Å². The van der Waals surface area contributed by atoms with E-state index in [-0.39, 0.29) is 11.6 Å². The molecule has 1 amide bonds. The number of nitrogens with zero attached hydrogens (tertiary/aromatic N) is 5. The summed E-state index contributed by atoms with van der Waals surface area (Å²) < 4.78 is 34.3. The molecule has 5 rings (SSSR count). The number of fused-ring (bicyclic) bond motifs is 2. The van der Waals surface area contributed by atoms with E-state index in [9.17, 15) is 13.6 Å². The topological polar surface area (TPSA) is 88.4 Å². The fourth-order valence-electron chi connectivity index (χ4n) is 3.53. The Kier molecular flexibility index (Phi) is 4.20. The Hall–Kier alpha value is -3.40. The van der Waals surface area contributed by atoms with Crippen molar-refractivity contribution in [1.29, 1.82) is 0 Å². The molecule has 0 saturated carbocycles. The molecule has 0 spiro atoms. The standard InChI is InChI=1S/C19H16F2N6O2/c20-11-6-13(21)18-23-9-16(27(18)10-11)17-12-8-22-15(7-14(12)24-25-17)19(28)26-2-1-4-29-5-3-26/h6-10H,1-5H2,(H,24,25).